The van der Waals surface area contributed by atoms with Gasteiger partial charge in [0.25, 0.3) is 0 Å². The normalized spacial score (nSPS) is 24.0. The van der Waals surface area contributed by atoms with Crippen LogP contribution in [0.4, 0.5) is 5.82 Å². The van der Waals surface area contributed by atoms with Crippen LogP contribution in [0.1, 0.15) is 49.5 Å². The molecule has 2 N–H and O–H groups in total. The van der Waals surface area contributed by atoms with Crippen molar-refractivity contribution in [1.82, 2.24) is 15.2 Å². The minimum atomic E-state index is -0.755. The third-order valence-electron chi connectivity index (χ3n) is 7.62. The molecule has 3 aliphatic rings. The Morgan fingerprint density at radius 2 is 1.88 bits per heavy atom. The number of aromatic nitrogens is 1. The number of nitrogens with zero attached hydrogens (tertiary/aromatic N) is 3. The molecule has 0 spiro atoms. The SMILES string of the molecule is OC(NC1CCC(CCN2CCN(c3nccc4c3CCO4)CC2)CC1)c1ccc(Cl)cc1Cl. The summed E-state index contributed by atoms with van der Waals surface area (Å²) in [6.45, 7) is 6.20. The summed E-state index contributed by atoms with van der Waals surface area (Å²) in [4.78, 5) is 9.70. The second-order valence-corrected chi connectivity index (χ2v) is 10.6. The molecule has 1 aromatic carbocycles. The number of ether oxygens (including phenoxy) is 1. The number of aliphatic hydroxyl groups excluding tert-OH is 1. The minimum absolute atomic E-state index is 0.325. The summed E-state index contributed by atoms with van der Waals surface area (Å²) in [5.74, 6) is 2.91. The highest BCUT2D eigenvalue weighted by Crippen LogP contribution is 2.33. The van der Waals surface area contributed by atoms with E-state index in [1.807, 2.05) is 12.3 Å². The number of halogens is 2. The van der Waals surface area contributed by atoms with E-state index in [0.717, 1.165) is 69.5 Å². The second-order valence-electron chi connectivity index (χ2n) is 9.78. The fourth-order valence-electron chi connectivity index (χ4n) is 5.57. The number of benzene rings is 1. The van der Waals surface area contributed by atoms with Crippen LogP contribution in [-0.2, 0) is 6.42 Å². The standard InChI is InChI=1S/C26H34Cl2N4O2/c27-19-3-6-21(23(28)17-19)26(33)30-20-4-1-18(2-5-20)8-11-31-12-14-32(15-13-31)25-22-9-16-34-24(22)7-10-29-25/h3,6-7,10,17-18,20,26,30,33H,1-2,4-5,8-9,11-16H2. The fourth-order valence-corrected chi connectivity index (χ4v) is 6.08. The molecule has 1 aliphatic carbocycles. The lowest BCUT2D eigenvalue weighted by molar-refractivity contribution is 0.106. The third kappa shape index (κ3) is 5.63. The molecule has 3 heterocycles. The van der Waals surface area contributed by atoms with E-state index in [-0.39, 0.29) is 0 Å². The van der Waals surface area contributed by atoms with Crippen molar-refractivity contribution in [2.45, 2.75) is 50.8 Å². The first-order valence-electron chi connectivity index (χ1n) is 12.5. The van der Waals surface area contributed by atoms with E-state index in [2.05, 4.69) is 20.1 Å². The van der Waals surface area contributed by atoms with Gasteiger partial charge in [-0.2, -0.15) is 0 Å². The predicted octanol–water partition coefficient (Wildman–Crippen LogP) is 4.67. The summed E-state index contributed by atoms with van der Waals surface area (Å²) >= 11 is 12.2. The third-order valence-corrected chi connectivity index (χ3v) is 8.18. The Hall–Kier alpha value is -1.57. The van der Waals surface area contributed by atoms with E-state index in [9.17, 15) is 5.11 Å². The van der Waals surface area contributed by atoms with Gasteiger partial charge < -0.3 is 14.7 Å². The Morgan fingerprint density at radius 1 is 1.09 bits per heavy atom. The molecular weight excluding hydrogens is 471 g/mol. The summed E-state index contributed by atoms with van der Waals surface area (Å²) in [7, 11) is 0. The second kappa shape index (κ2) is 11.0. The summed E-state index contributed by atoms with van der Waals surface area (Å²) in [6.07, 6.45) is 7.94. The number of anilines is 1. The highest BCUT2D eigenvalue weighted by atomic mass is 35.5. The van der Waals surface area contributed by atoms with Gasteiger partial charge in [-0.25, -0.2) is 4.98 Å². The van der Waals surface area contributed by atoms with Gasteiger partial charge in [0.05, 0.1) is 6.61 Å². The average Bonchev–Trinajstić information content (AvgIpc) is 3.33. The van der Waals surface area contributed by atoms with Gasteiger partial charge >= 0.3 is 0 Å². The van der Waals surface area contributed by atoms with E-state index >= 15 is 0 Å². The molecule has 6 nitrogen and oxygen atoms in total. The highest BCUT2D eigenvalue weighted by molar-refractivity contribution is 6.35. The largest absolute Gasteiger partial charge is 0.493 e. The molecule has 2 aromatic rings. The molecule has 184 valence electrons. The molecule has 0 bridgehead atoms. The van der Waals surface area contributed by atoms with Crippen molar-refractivity contribution in [2.24, 2.45) is 5.92 Å². The highest BCUT2D eigenvalue weighted by Gasteiger charge is 2.27. The zero-order valence-corrected chi connectivity index (χ0v) is 21.1. The van der Waals surface area contributed by atoms with Crippen molar-refractivity contribution in [1.29, 1.82) is 0 Å². The molecule has 1 atom stereocenters. The number of hydrogen-bond donors (Lipinski definition) is 2. The van der Waals surface area contributed by atoms with Crippen LogP contribution < -0.4 is 15.0 Å². The Labute approximate surface area is 212 Å². The zero-order valence-electron chi connectivity index (χ0n) is 19.6. The van der Waals surface area contributed by atoms with Crippen LogP contribution in [0.5, 0.6) is 5.75 Å². The number of fused-ring (bicyclic) bond motifs is 1. The number of rotatable bonds is 7. The molecule has 8 heteroatoms. The van der Waals surface area contributed by atoms with Crippen LogP contribution in [-0.4, -0.2) is 60.4 Å². The number of hydrogen-bond acceptors (Lipinski definition) is 6. The molecule has 1 aromatic heterocycles. The van der Waals surface area contributed by atoms with Gasteiger partial charge in [0.15, 0.2) is 0 Å². The maximum atomic E-state index is 10.6. The molecular formula is C26H34Cl2N4O2. The Kier molecular flexibility index (Phi) is 7.81. The van der Waals surface area contributed by atoms with Gasteiger partial charge in [-0.1, -0.05) is 29.3 Å². The number of nitrogens with one attached hydrogen (secondary N) is 1. The van der Waals surface area contributed by atoms with E-state index in [0.29, 0.717) is 21.7 Å². The predicted molar refractivity (Wildman–Crippen MR) is 137 cm³/mol. The van der Waals surface area contributed by atoms with Crippen molar-refractivity contribution in [3.05, 3.63) is 51.6 Å². The van der Waals surface area contributed by atoms with Gasteiger partial charge in [0.1, 0.15) is 17.8 Å². The molecule has 1 saturated heterocycles. The zero-order chi connectivity index (χ0) is 23.5. The molecule has 1 unspecified atom stereocenters. The summed E-state index contributed by atoms with van der Waals surface area (Å²) in [6, 6.07) is 7.55. The minimum Gasteiger partial charge on any atom is -0.493 e. The van der Waals surface area contributed by atoms with Crippen LogP contribution in [0.3, 0.4) is 0 Å². The summed E-state index contributed by atoms with van der Waals surface area (Å²) < 4.78 is 5.71. The lowest BCUT2D eigenvalue weighted by Crippen LogP contribution is -2.47. The lowest BCUT2D eigenvalue weighted by Gasteiger charge is -2.37. The van der Waals surface area contributed by atoms with Gasteiger partial charge in [-0.05, 0) is 62.8 Å². The van der Waals surface area contributed by atoms with Gasteiger partial charge in [-0.3, -0.25) is 10.2 Å². The van der Waals surface area contributed by atoms with Gasteiger partial charge in [-0.15, -0.1) is 0 Å². The quantitative estimate of drug-likeness (QED) is 0.534. The maximum Gasteiger partial charge on any atom is 0.135 e. The van der Waals surface area contributed by atoms with E-state index in [1.165, 1.54) is 31.4 Å². The molecule has 1 saturated carbocycles. The monoisotopic (exact) mass is 504 g/mol. The maximum absolute atomic E-state index is 10.6. The Morgan fingerprint density at radius 3 is 2.65 bits per heavy atom. The van der Waals surface area contributed by atoms with Gasteiger partial charge in [0.2, 0.25) is 0 Å². The molecule has 5 rings (SSSR count). The van der Waals surface area contributed by atoms with E-state index < -0.39 is 6.23 Å². The van der Waals surface area contributed by atoms with Crippen LogP contribution in [0.2, 0.25) is 10.0 Å². The summed E-state index contributed by atoms with van der Waals surface area (Å²) in [5, 5.41) is 15.0. The molecule has 0 radical (unpaired) electrons. The molecule has 2 aliphatic heterocycles. The number of pyridine rings is 1. The molecule has 0 amide bonds. The fraction of sp³-hybridized carbons (Fsp3) is 0.577. The molecule has 2 fully saturated rings. The lowest BCUT2D eigenvalue weighted by atomic mass is 9.84. The smallest absolute Gasteiger partial charge is 0.135 e. The average molecular weight is 505 g/mol. The molecule has 34 heavy (non-hydrogen) atoms. The number of piperazine rings is 1. The first kappa shape index (κ1) is 24.1. The first-order chi connectivity index (χ1) is 16.6. The van der Waals surface area contributed by atoms with Crippen LogP contribution in [0.25, 0.3) is 0 Å². The van der Waals surface area contributed by atoms with Crippen LogP contribution >= 0.6 is 23.2 Å². The van der Waals surface area contributed by atoms with Gasteiger partial charge in [0, 0.05) is 66.0 Å². The van der Waals surface area contributed by atoms with Crippen LogP contribution in [0.15, 0.2) is 30.5 Å². The van der Waals surface area contributed by atoms with Crippen molar-refractivity contribution in [2.75, 3.05) is 44.2 Å². The van der Waals surface area contributed by atoms with E-state index in [1.54, 1.807) is 18.2 Å². The Balaban J connectivity index is 1.02. The van der Waals surface area contributed by atoms with Crippen molar-refractivity contribution in [3.8, 4) is 5.75 Å². The van der Waals surface area contributed by atoms with Crippen LogP contribution in [0, 0.1) is 5.92 Å². The van der Waals surface area contributed by atoms with Crippen molar-refractivity contribution < 1.29 is 9.84 Å². The van der Waals surface area contributed by atoms with Crippen molar-refractivity contribution >= 4 is 29.0 Å². The topological polar surface area (TPSA) is 60.9 Å². The summed E-state index contributed by atoms with van der Waals surface area (Å²) in [5.41, 5.74) is 1.97. The van der Waals surface area contributed by atoms with Crippen molar-refractivity contribution in [3.63, 3.8) is 0 Å². The number of aliphatic hydroxyl groups is 1. The Bertz CT molecular complexity index is 975. The first-order valence-corrected chi connectivity index (χ1v) is 13.3. The van der Waals surface area contributed by atoms with E-state index in [4.69, 9.17) is 27.9 Å².